The zero-order valence-corrected chi connectivity index (χ0v) is 22.8. The van der Waals surface area contributed by atoms with Crippen molar-refractivity contribution in [1.29, 1.82) is 0 Å². The van der Waals surface area contributed by atoms with E-state index in [1.165, 1.54) is 50.6 Å². The number of aryl methyl sites for hydroxylation is 1. The molecule has 10 heteroatoms. The number of pyridine rings is 1. The molecule has 3 aromatic rings. The average molecular weight is 535 g/mol. The second-order valence-corrected chi connectivity index (χ2v) is 12.5. The van der Waals surface area contributed by atoms with Crippen molar-refractivity contribution in [2.45, 2.75) is 63.3 Å². The maximum atomic E-state index is 13.3. The lowest BCUT2D eigenvalue weighted by Crippen LogP contribution is -2.40. The summed E-state index contributed by atoms with van der Waals surface area (Å²) in [7, 11) is -2.62. The van der Waals surface area contributed by atoms with Crippen molar-refractivity contribution in [2.24, 2.45) is 5.92 Å². The first-order valence-electron chi connectivity index (χ1n) is 11.7. The quantitative estimate of drug-likeness (QED) is 0.332. The molecule has 7 nitrogen and oxygen atoms in total. The number of hydrogen-bond acceptors (Lipinski definition) is 7. The number of aromatic nitrogens is 2. The Labute approximate surface area is 216 Å². The molecule has 1 fully saturated rings. The summed E-state index contributed by atoms with van der Waals surface area (Å²) in [4.78, 5) is 9.82. The van der Waals surface area contributed by atoms with Crippen molar-refractivity contribution in [3.63, 3.8) is 0 Å². The van der Waals surface area contributed by atoms with Gasteiger partial charge in [0.2, 0.25) is 5.88 Å². The topological polar surface area (TPSA) is 93.2 Å². The van der Waals surface area contributed by atoms with E-state index in [4.69, 9.17) is 21.3 Å². The number of sulfonamides is 1. The maximum Gasteiger partial charge on any atom is 0.267 e. The first-order chi connectivity index (χ1) is 16.6. The molecular weight excluding hydrogens is 504 g/mol. The molecule has 0 atom stereocenters. The molecule has 0 amide bonds. The van der Waals surface area contributed by atoms with E-state index in [1.807, 2.05) is 6.92 Å². The van der Waals surface area contributed by atoms with Crippen LogP contribution in [0.3, 0.4) is 0 Å². The molecule has 2 N–H and O–H groups in total. The Balaban J connectivity index is 1.64. The Kier molecular flexibility index (Phi) is 7.59. The highest BCUT2D eigenvalue weighted by Gasteiger charge is 2.31. The van der Waals surface area contributed by atoms with Gasteiger partial charge in [-0.2, -0.15) is 0 Å². The van der Waals surface area contributed by atoms with Gasteiger partial charge in [0.05, 0.1) is 28.4 Å². The fourth-order valence-corrected chi connectivity index (χ4v) is 7.14. The summed E-state index contributed by atoms with van der Waals surface area (Å²) in [6.07, 6.45) is 7.92. The number of methoxy groups -OCH3 is 1. The molecule has 1 aliphatic rings. The Morgan fingerprint density at radius 1 is 1.17 bits per heavy atom. The van der Waals surface area contributed by atoms with Crippen LogP contribution < -0.4 is 14.8 Å². The molecular formula is C25H31ClN4O3S2. The molecule has 1 aromatic carbocycles. The highest BCUT2D eigenvalue weighted by atomic mass is 35.5. The number of benzene rings is 1. The third-order valence-electron chi connectivity index (χ3n) is 6.53. The first kappa shape index (κ1) is 25.7. The molecule has 2 aromatic heterocycles. The fraction of sp³-hybridized carbons (Fsp3) is 0.440. The van der Waals surface area contributed by atoms with Crippen molar-refractivity contribution < 1.29 is 13.2 Å². The van der Waals surface area contributed by atoms with E-state index in [2.05, 4.69) is 28.9 Å². The maximum absolute atomic E-state index is 13.3. The Morgan fingerprint density at radius 2 is 1.89 bits per heavy atom. The zero-order chi connectivity index (χ0) is 25.2. The molecule has 1 aliphatic carbocycles. The SMILES string of the molecule is COc1ncc(-c2sc(NC(C)(C)C3CCCCC3)nc2C)cc1S(=O)(=O)Nc1ccccc1Cl. The smallest absolute Gasteiger partial charge is 0.267 e. The summed E-state index contributed by atoms with van der Waals surface area (Å²) in [5, 5.41) is 4.76. The van der Waals surface area contributed by atoms with Crippen LogP contribution >= 0.6 is 22.9 Å². The first-order valence-corrected chi connectivity index (χ1v) is 14.4. The van der Waals surface area contributed by atoms with Gasteiger partial charge < -0.3 is 10.1 Å². The number of hydrogen-bond donors (Lipinski definition) is 2. The molecule has 0 saturated heterocycles. The highest BCUT2D eigenvalue weighted by Crippen LogP contribution is 2.39. The summed E-state index contributed by atoms with van der Waals surface area (Å²) in [5.41, 5.74) is 1.68. The van der Waals surface area contributed by atoms with Crippen molar-refractivity contribution in [3.05, 3.63) is 47.2 Å². The molecule has 0 radical (unpaired) electrons. The van der Waals surface area contributed by atoms with Gasteiger partial charge in [0.25, 0.3) is 10.0 Å². The van der Waals surface area contributed by atoms with E-state index < -0.39 is 10.0 Å². The number of rotatable bonds is 8. The van der Waals surface area contributed by atoms with Gasteiger partial charge in [-0.15, -0.1) is 0 Å². The second kappa shape index (κ2) is 10.3. The standard InChI is InChI=1S/C25H31ClN4O3S2/c1-16-22(34-24(28-16)29-25(2,3)18-10-6-5-7-11-18)17-14-21(23(33-4)27-15-17)35(31,32)30-20-13-9-8-12-19(20)26/h8-9,12-15,18,30H,5-7,10-11H2,1-4H3,(H,28,29). The summed E-state index contributed by atoms with van der Waals surface area (Å²) in [6, 6.07) is 8.23. The van der Waals surface area contributed by atoms with Crippen LogP contribution in [-0.4, -0.2) is 31.0 Å². The van der Waals surface area contributed by atoms with Crippen molar-refractivity contribution in [1.82, 2.24) is 9.97 Å². The summed E-state index contributed by atoms with van der Waals surface area (Å²) >= 11 is 7.67. The van der Waals surface area contributed by atoms with Gasteiger partial charge in [-0.25, -0.2) is 18.4 Å². The van der Waals surface area contributed by atoms with Gasteiger partial charge in [-0.05, 0) is 57.7 Å². The van der Waals surface area contributed by atoms with Gasteiger partial charge in [0, 0.05) is 17.3 Å². The van der Waals surface area contributed by atoms with E-state index in [9.17, 15) is 8.42 Å². The molecule has 0 unspecified atom stereocenters. The second-order valence-electron chi connectivity index (χ2n) is 9.43. The van der Waals surface area contributed by atoms with Crippen LogP contribution in [0.5, 0.6) is 5.88 Å². The molecule has 0 spiro atoms. The predicted octanol–water partition coefficient (Wildman–Crippen LogP) is 6.75. The molecule has 188 valence electrons. The molecule has 0 bridgehead atoms. The summed E-state index contributed by atoms with van der Waals surface area (Å²) < 4.78 is 34.3. The van der Waals surface area contributed by atoms with Crippen molar-refractivity contribution in [2.75, 3.05) is 17.1 Å². The van der Waals surface area contributed by atoms with Gasteiger partial charge in [-0.3, -0.25) is 4.72 Å². The number of thiazole rings is 1. The molecule has 1 saturated carbocycles. The minimum atomic E-state index is -4.01. The monoisotopic (exact) mass is 534 g/mol. The van der Waals surface area contributed by atoms with E-state index in [1.54, 1.807) is 36.5 Å². The van der Waals surface area contributed by atoms with Crippen molar-refractivity contribution in [3.8, 4) is 16.3 Å². The third-order valence-corrected chi connectivity index (χ3v) is 9.34. The van der Waals surface area contributed by atoms with Crippen LogP contribution in [0.1, 0.15) is 51.6 Å². The lowest BCUT2D eigenvalue weighted by Gasteiger charge is -2.37. The largest absolute Gasteiger partial charge is 0.480 e. The number of halogens is 1. The summed E-state index contributed by atoms with van der Waals surface area (Å²) in [5.74, 6) is 0.603. The van der Waals surface area contributed by atoms with Crippen molar-refractivity contribution >= 4 is 43.8 Å². The Morgan fingerprint density at radius 3 is 2.57 bits per heavy atom. The third kappa shape index (κ3) is 5.73. The van der Waals surface area contributed by atoms with Gasteiger partial charge in [0.15, 0.2) is 5.13 Å². The molecule has 2 heterocycles. The lowest BCUT2D eigenvalue weighted by molar-refractivity contribution is 0.258. The van der Waals surface area contributed by atoms with Crippen LogP contribution in [0.25, 0.3) is 10.4 Å². The average Bonchev–Trinajstić information content (AvgIpc) is 3.19. The number of anilines is 2. The number of ether oxygens (including phenoxy) is 1. The van der Waals surface area contributed by atoms with E-state index in [0.717, 1.165) is 15.7 Å². The van der Waals surface area contributed by atoms with E-state index in [-0.39, 0.29) is 22.0 Å². The van der Waals surface area contributed by atoms with Gasteiger partial charge >= 0.3 is 0 Å². The molecule has 0 aliphatic heterocycles. The van der Waals surface area contributed by atoms with Crippen LogP contribution in [0, 0.1) is 12.8 Å². The Bertz CT molecular complexity index is 1300. The molecule has 35 heavy (non-hydrogen) atoms. The normalized spacial score (nSPS) is 15.1. The minimum absolute atomic E-state index is 0.00672. The minimum Gasteiger partial charge on any atom is -0.480 e. The van der Waals surface area contributed by atoms with Crippen LogP contribution in [0.2, 0.25) is 5.02 Å². The molecule has 4 rings (SSSR count). The Hall–Kier alpha value is -2.36. The zero-order valence-electron chi connectivity index (χ0n) is 20.4. The number of nitrogens with one attached hydrogen (secondary N) is 2. The van der Waals surface area contributed by atoms with Crippen LogP contribution in [0.4, 0.5) is 10.8 Å². The highest BCUT2D eigenvalue weighted by molar-refractivity contribution is 7.92. The van der Waals surface area contributed by atoms with Crippen LogP contribution in [0.15, 0.2) is 41.4 Å². The fourth-order valence-electron chi connectivity index (χ4n) is 4.57. The summed E-state index contributed by atoms with van der Waals surface area (Å²) in [6.45, 7) is 6.39. The van der Waals surface area contributed by atoms with Crippen LogP contribution in [-0.2, 0) is 10.0 Å². The van der Waals surface area contributed by atoms with E-state index in [0.29, 0.717) is 16.5 Å². The predicted molar refractivity (Wildman–Crippen MR) is 143 cm³/mol. The lowest BCUT2D eigenvalue weighted by atomic mass is 9.77. The van der Waals surface area contributed by atoms with E-state index >= 15 is 0 Å². The number of para-hydroxylation sites is 1. The number of nitrogens with zero attached hydrogens (tertiary/aromatic N) is 2. The van der Waals surface area contributed by atoms with Gasteiger partial charge in [0.1, 0.15) is 4.90 Å². The van der Waals surface area contributed by atoms with Gasteiger partial charge in [-0.1, -0.05) is 54.3 Å².